The second-order valence-electron chi connectivity index (χ2n) is 5.87. The Bertz CT molecular complexity index is 583. The SMILES string of the molecule is CCC(=O)Nc1ccc(NC(=O)C2CCCC(C(=O)O)C2)cc1. The average Bonchev–Trinajstić information content (AvgIpc) is 2.56. The van der Waals surface area contributed by atoms with E-state index in [0.29, 0.717) is 30.6 Å². The van der Waals surface area contributed by atoms with Gasteiger partial charge in [-0.3, -0.25) is 14.4 Å². The van der Waals surface area contributed by atoms with Crippen LogP contribution in [0.4, 0.5) is 11.4 Å². The van der Waals surface area contributed by atoms with Crippen molar-refractivity contribution >= 4 is 29.2 Å². The lowest BCUT2D eigenvalue weighted by Gasteiger charge is -2.25. The highest BCUT2D eigenvalue weighted by Crippen LogP contribution is 2.30. The van der Waals surface area contributed by atoms with E-state index in [1.54, 1.807) is 31.2 Å². The minimum atomic E-state index is -0.821. The first kappa shape index (κ1) is 17.0. The van der Waals surface area contributed by atoms with Crippen molar-refractivity contribution in [2.24, 2.45) is 11.8 Å². The molecule has 2 atom stereocenters. The van der Waals surface area contributed by atoms with Crippen molar-refractivity contribution in [1.29, 1.82) is 0 Å². The zero-order valence-electron chi connectivity index (χ0n) is 13.2. The first-order valence-corrected chi connectivity index (χ1v) is 7.93. The van der Waals surface area contributed by atoms with Crippen LogP contribution in [0.3, 0.4) is 0 Å². The fraction of sp³-hybridized carbons (Fsp3) is 0.471. The highest BCUT2D eigenvalue weighted by atomic mass is 16.4. The van der Waals surface area contributed by atoms with Gasteiger partial charge in [-0.15, -0.1) is 0 Å². The molecule has 1 aliphatic rings. The number of hydrogen-bond acceptors (Lipinski definition) is 3. The summed E-state index contributed by atoms with van der Waals surface area (Å²) in [6.45, 7) is 1.78. The van der Waals surface area contributed by atoms with Crippen molar-refractivity contribution in [3.63, 3.8) is 0 Å². The standard InChI is InChI=1S/C17H22N2O4/c1-2-15(20)18-13-6-8-14(9-7-13)19-16(21)11-4-3-5-12(10-11)17(22)23/h6-9,11-12H,2-5,10H2,1H3,(H,18,20)(H,19,21)(H,22,23). The maximum Gasteiger partial charge on any atom is 0.306 e. The highest BCUT2D eigenvalue weighted by Gasteiger charge is 2.30. The Morgan fingerprint density at radius 3 is 2.17 bits per heavy atom. The van der Waals surface area contributed by atoms with Gasteiger partial charge in [-0.1, -0.05) is 13.3 Å². The summed E-state index contributed by atoms with van der Waals surface area (Å²) in [6.07, 6.45) is 2.93. The van der Waals surface area contributed by atoms with Crippen molar-refractivity contribution in [2.75, 3.05) is 10.6 Å². The molecule has 23 heavy (non-hydrogen) atoms. The van der Waals surface area contributed by atoms with Gasteiger partial charge in [-0.05, 0) is 43.5 Å². The van der Waals surface area contributed by atoms with Crippen molar-refractivity contribution in [3.05, 3.63) is 24.3 Å². The monoisotopic (exact) mass is 318 g/mol. The Hall–Kier alpha value is -2.37. The average molecular weight is 318 g/mol. The molecule has 1 saturated carbocycles. The van der Waals surface area contributed by atoms with E-state index in [9.17, 15) is 14.4 Å². The molecule has 1 aromatic rings. The molecular weight excluding hydrogens is 296 g/mol. The molecule has 0 saturated heterocycles. The molecule has 2 unspecified atom stereocenters. The summed E-state index contributed by atoms with van der Waals surface area (Å²) < 4.78 is 0. The number of nitrogens with one attached hydrogen (secondary N) is 2. The molecule has 2 rings (SSSR count). The van der Waals surface area contributed by atoms with Crippen LogP contribution in [0, 0.1) is 11.8 Å². The molecule has 1 aromatic carbocycles. The van der Waals surface area contributed by atoms with Crippen LogP contribution >= 0.6 is 0 Å². The number of anilines is 2. The normalized spacial score (nSPS) is 20.6. The Labute approximate surface area is 135 Å². The lowest BCUT2D eigenvalue weighted by atomic mass is 9.81. The first-order chi connectivity index (χ1) is 11.0. The quantitative estimate of drug-likeness (QED) is 0.778. The van der Waals surface area contributed by atoms with Gasteiger partial charge in [0.05, 0.1) is 5.92 Å². The summed E-state index contributed by atoms with van der Waals surface area (Å²) in [5, 5.41) is 14.6. The Morgan fingerprint density at radius 1 is 1.04 bits per heavy atom. The van der Waals surface area contributed by atoms with Crippen LogP contribution in [-0.2, 0) is 14.4 Å². The zero-order valence-corrected chi connectivity index (χ0v) is 13.2. The van der Waals surface area contributed by atoms with E-state index in [2.05, 4.69) is 10.6 Å². The van der Waals surface area contributed by atoms with E-state index in [4.69, 9.17) is 5.11 Å². The summed E-state index contributed by atoms with van der Waals surface area (Å²) in [6, 6.07) is 6.90. The van der Waals surface area contributed by atoms with E-state index in [1.807, 2.05) is 0 Å². The van der Waals surface area contributed by atoms with Crippen molar-refractivity contribution in [1.82, 2.24) is 0 Å². The first-order valence-electron chi connectivity index (χ1n) is 7.93. The second-order valence-corrected chi connectivity index (χ2v) is 5.87. The van der Waals surface area contributed by atoms with E-state index >= 15 is 0 Å². The third kappa shape index (κ3) is 4.81. The minimum Gasteiger partial charge on any atom is -0.481 e. The maximum absolute atomic E-state index is 12.3. The number of aliphatic carboxylic acids is 1. The molecule has 0 bridgehead atoms. The number of carboxylic acid groups (broad SMARTS) is 1. The lowest BCUT2D eigenvalue weighted by molar-refractivity contribution is -0.143. The topological polar surface area (TPSA) is 95.5 Å². The predicted octanol–water partition coefficient (Wildman–Crippen LogP) is 2.86. The van der Waals surface area contributed by atoms with E-state index < -0.39 is 11.9 Å². The van der Waals surface area contributed by atoms with Gasteiger partial charge < -0.3 is 15.7 Å². The van der Waals surface area contributed by atoms with Gasteiger partial charge in [0.15, 0.2) is 0 Å². The van der Waals surface area contributed by atoms with Crippen LogP contribution in [0.5, 0.6) is 0 Å². The molecular formula is C17H22N2O4. The highest BCUT2D eigenvalue weighted by molar-refractivity contribution is 5.94. The van der Waals surface area contributed by atoms with Crippen LogP contribution < -0.4 is 10.6 Å². The summed E-state index contributed by atoms with van der Waals surface area (Å²) in [5.41, 5.74) is 1.32. The van der Waals surface area contributed by atoms with Crippen LogP contribution in [0.15, 0.2) is 24.3 Å². The number of rotatable bonds is 5. The van der Waals surface area contributed by atoms with Gasteiger partial charge in [0, 0.05) is 23.7 Å². The smallest absolute Gasteiger partial charge is 0.306 e. The van der Waals surface area contributed by atoms with E-state index in [1.165, 1.54) is 0 Å². The van der Waals surface area contributed by atoms with E-state index in [-0.39, 0.29) is 17.7 Å². The van der Waals surface area contributed by atoms with Gasteiger partial charge in [-0.2, -0.15) is 0 Å². The number of carbonyl (C=O) groups is 3. The fourth-order valence-corrected chi connectivity index (χ4v) is 2.78. The van der Waals surface area contributed by atoms with Crippen LogP contribution in [0.2, 0.25) is 0 Å². The molecule has 3 N–H and O–H groups in total. The zero-order chi connectivity index (χ0) is 16.8. The summed E-state index contributed by atoms with van der Waals surface area (Å²) in [7, 11) is 0. The Balaban J connectivity index is 1.92. The number of carbonyl (C=O) groups excluding carboxylic acids is 2. The molecule has 0 radical (unpaired) electrons. The van der Waals surface area contributed by atoms with E-state index in [0.717, 1.165) is 12.8 Å². The molecule has 2 amide bonds. The van der Waals surface area contributed by atoms with Crippen LogP contribution in [0.25, 0.3) is 0 Å². The van der Waals surface area contributed by atoms with Crippen LogP contribution in [0.1, 0.15) is 39.0 Å². The molecule has 1 fully saturated rings. The van der Waals surface area contributed by atoms with Crippen molar-refractivity contribution in [3.8, 4) is 0 Å². The Morgan fingerprint density at radius 2 is 1.61 bits per heavy atom. The molecule has 124 valence electrons. The molecule has 1 aliphatic carbocycles. The largest absolute Gasteiger partial charge is 0.481 e. The van der Waals surface area contributed by atoms with Crippen LogP contribution in [-0.4, -0.2) is 22.9 Å². The van der Waals surface area contributed by atoms with Crippen molar-refractivity contribution < 1.29 is 19.5 Å². The van der Waals surface area contributed by atoms with Gasteiger partial charge in [0.25, 0.3) is 0 Å². The van der Waals surface area contributed by atoms with Gasteiger partial charge in [0.1, 0.15) is 0 Å². The minimum absolute atomic E-state index is 0.0660. The number of hydrogen-bond donors (Lipinski definition) is 3. The van der Waals surface area contributed by atoms with Gasteiger partial charge in [-0.25, -0.2) is 0 Å². The fourth-order valence-electron chi connectivity index (χ4n) is 2.78. The Kier molecular flexibility index (Phi) is 5.73. The van der Waals surface area contributed by atoms with Gasteiger partial charge in [0.2, 0.25) is 11.8 Å². The number of amides is 2. The summed E-state index contributed by atoms with van der Waals surface area (Å²) >= 11 is 0. The maximum atomic E-state index is 12.3. The lowest BCUT2D eigenvalue weighted by Crippen LogP contribution is -2.30. The third-order valence-corrected chi connectivity index (χ3v) is 4.15. The molecule has 0 aliphatic heterocycles. The molecule has 0 spiro atoms. The summed E-state index contributed by atoms with van der Waals surface area (Å²) in [4.78, 5) is 34.6. The summed E-state index contributed by atoms with van der Waals surface area (Å²) in [5.74, 6) is -1.71. The molecule has 0 aromatic heterocycles. The van der Waals surface area contributed by atoms with Gasteiger partial charge >= 0.3 is 5.97 Å². The molecule has 6 nitrogen and oxygen atoms in total. The number of benzene rings is 1. The number of carboxylic acids is 1. The predicted molar refractivity (Wildman–Crippen MR) is 87.1 cm³/mol. The molecule has 6 heteroatoms. The van der Waals surface area contributed by atoms with Crippen molar-refractivity contribution in [2.45, 2.75) is 39.0 Å². The molecule has 0 heterocycles. The third-order valence-electron chi connectivity index (χ3n) is 4.15. The second kappa shape index (κ2) is 7.76.